The molecule has 170 valence electrons. The Morgan fingerprint density at radius 3 is 2.28 bits per heavy atom. The zero-order valence-corrected chi connectivity index (χ0v) is 16.4. The maximum Gasteiger partial charge on any atom is 0.433 e. The average molecular weight is 458 g/mol. The first-order valence-electron chi connectivity index (χ1n) is 9.03. The highest BCUT2D eigenvalue weighted by Crippen LogP contribution is 2.31. The summed E-state index contributed by atoms with van der Waals surface area (Å²) in [6, 6.07) is 6.71. The number of halogens is 6. The van der Waals surface area contributed by atoms with Crippen LogP contribution >= 0.6 is 0 Å². The van der Waals surface area contributed by atoms with Crippen LogP contribution in [0.2, 0.25) is 0 Å². The number of alkyl halides is 6. The standard InChI is InChI=1S/C19H16F6N6O/c1-32-8-7-27-15-10-16(28-11-5-6-26-14(9-11)19(23,24)25)31-17(30-15)12-3-2-4-13(29-12)18(20,21)22/h2-6,9-10H,7-8H2,1H3,(H2,26,27,28,30,31). The Hall–Kier alpha value is -3.48. The van der Waals surface area contributed by atoms with Gasteiger partial charge in [0.05, 0.1) is 6.61 Å². The second-order valence-corrected chi connectivity index (χ2v) is 6.34. The molecule has 3 aromatic rings. The fourth-order valence-corrected chi connectivity index (χ4v) is 2.53. The topological polar surface area (TPSA) is 84.9 Å². The number of aromatic nitrogens is 4. The molecule has 3 aromatic heterocycles. The van der Waals surface area contributed by atoms with Crippen molar-refractivity contribution in [3.63, 3.8) is 0 Å². The van der Waals surface area contributed by atoms with Crippen LogP contribution in [0.15, 0.2) is 42.6 Å². The first-order chi connectivity index (χ1) is 15.1. The van der Waals surface area contributed by atoms with E-state index in [1.54, 1.807) is 0 Å². The van der Waals surface area contributed by atoms with E-state index in [2.05, 4.69) is 30.6 Å². The molecule has 0 bridgehead atoms. The highest BCUT2D eigenvalue weighted by molar-refractivity contribution is 5.63. The highest BCUT2D eigenvalue weighted by Gasteiger charge is 2.33. The zero-order valence-electron chi connectivity index (χ0n) is 16.4. The summed E-state index contributed by atoms with van der Waals surface area (Å²) in [5, 5.41) is 5.59. The lowest BCUT2D eigenvalue weighted by Gasteiger charge is -2.13. The van der Waals surface area contributed by atoms with Crippen LogP contribution in [-0.4, -0.2) is 40.2 Å². The second kappa shape index (κ2) is 9.34. The van der Waals surface area contributed by atoms with E-state index in [1.165, 1.54) is 25.3 Å². The maximum atomic E-state index is 13.0. The summed E-state index contributed by atoms with van der Waals surface area (Å²) in [5.74, 6) is 0.0819. The molecule has 3 heterocycles. The van der Waals surface area contributed by atoms with Crippen molar-refractivity contribution in [1.29, 1.82) is 0 Å². The Morgan fingerprint density at radius 2 is 1.59 bits per heavy atom. The lowest BCUT2D eigenvalue weighted by molar-refractivity contribution is -0.141. The number of methoxy groups -OCH3 is 1. The van der Waals surface area contributed by atoms with Crippen molar-refractivity contribution in [3.8, 4) is 11.5 Å². The molecule has 32 heavy (non-hydrogen) atoms. The van der Waals surface area contributed by atoms with Crippen LogP contribution in [0.3, 0.4) is 0 Å². The summed E-state index contributed by atoms with van der Waals surface area (Å²) in [6.07, 6.45) is -8.35. The van der Waals surface area contributed by atoms with Gasteiger partial charge in [0.15, 0.2) is 5.82 Å². The molecule has 3 rings (SSSR count). The minimum absolute atomic E-state index is 0.0248. The van der Waals surface area contributed by atoms with Crippen molar-refractivity contribution in [2.75, 3.05) is 30.9 Å². The van der Waals surface area contributed by atoms with Crippen molar-refractivity contribution in [2.45, 2.75) is 12.4 Å². The van der Waals surface area contributed by atoms with E-state index in [9.17, 15) is 26.3 Å². The van der Waals surface area contributed by atoms with E-state index < -0.39 is 23.7 Å². The predicted octanol–water partition coefficient (Wildman–Crippen LogP) is 4.77. The molecule has 0 saturated heterocycles. The molecule has 0 saturated carbocycles. The minimum atomic E-state index is -4.67. The van der Waals surface area contributed by atoms with Crippen molar-refractivity contribution in [2.24, 2.45) is 0 Å². The molecular weight excluding hydrogens is 442 g/mol. The molecule has 0 unspecified atom stereocenters. The van der Waals surface area contributed by atoms with Gasteiger partial charge in [0, 0.05) is 31.6 Å². The molecule has 13 heteroatoms. The molecule has 0 fully saturated rings. The molecule has 0 aromatic carbocycles. The van der Waals surface area contributed by atoms with Gasteiger partial charge in [-0.3, -0.25) is 4.98 Å². The molecule has 0 amide bonds. The van der Waals surface area contributed by atoms with Crippen LogP contribution in [0.5, 0.6) is 0 Å². The lowest BCUT2D eigenvalue weighted by Crippen LogP contribution is -2.12. The van der Waals surface area contributed by atoms with Gasteiger partial charge < -0.3 is 15.4 Å². The molecule has 0 radical (unpaired) electrons. The van der Waals surface area contributed by atoms with Gasteiger partial charge in [-0.05, 0) is 24.3 Å². The summed E-state index contributed by atoms with van der Waals surface area (Å²) in [6.45, 7) is 0.624. The Labute approximate surface area is 177 Å². The van der Waals surface area contributed by atoms with Gasteiger partial charge in [-0.15, -0.1) is 0 Å². The van der Waals surface area contributed by atoms with Crippen LogP contribution in [-0.2, 0) is 17.1 Å². The number of nitrogens with one attached hydrogen (secondary N) is 2. The predicted molar refractivity (Wildman–Crippen MR) is 103 cm³/mol. The van der Waals surface area contributed by atoms with Crippen molar-refractivity contribution < 1.29 is 31.1 Å². The van der Waals surface area contributed by atoms with Crippen LogP contribution < -0.4 is 10.6 Å². The third-order valence-corrected chi connectivity index (χ3v) is 3.93. The monoisotopic (exact) mass is 458 g/mol. The van der Waals surface area contributed by atoms with Crippen molar-refractivity contribution in [3.05, 3.63) is 54.0 Å². The third kappa shape index (κ3) is 6.03. The quantitative estimate of drug-likeness (QED) is 0.390. The van der Waals surface area contributed by atoms with Gasteiger partial charge >= 0.3 is 12.4 Å². The minimum Gasteiger partial charge on any atom is -0.383 e. The summed E-state index contributed by atoms with van der Waals surface area (Å²) in [5.41, 5.74) is -2.38. The van der Waals surface area contributed by atoms with E-state index in [4.69, 9.17) is 4.74 Å². The Bertz CT molecular complexity index is 1070. The van der Waals surface area contributed by atoms with Crippen molar-refractivity contribution >= 4 is 17.3 Å². The van der Waals surface area contributed by atoms with E-state index in [1.807, 2.05) is 0 Å². The lowest BCUT2D eigenvalue weighted by atomic mass is 10.2. The smallest absolute Gasteiger partial charge is 0.383 e. The first kappa shape index (κ1) is 23.2. The molecular formula is C19H16F6N6O. The van der Waals surface area contributed by atoms with Gasteiger partial charge in [0.25, 0.3) is 0 Å². The Balaban J connectivity index is 1.99. The van der Waals surface area contributed by atoms with Crippen molar-refractivity contribution in [1.82, 2.24) is 19.9 Å². The normalized spacial score (nSPS) is 12.0. The average Bonchev–Trinajstić information content (AvgIpc) is 2.73. The number of anilines is 3. The summed E-state index contributed by atoms with van der Waals surface area (Å²) >= 11 is 0. The van der Waals surface area contributed by atoms with Gasteiger partial charge in [-0.25, -0.2) is 15.0 Å². The summed E-state index contributed by atoms with van der Waals surface area (Å²) in [7, 11) is 1.48. The third-order valence-electron chi connectivity index (χ3n) is 3.93. The number of ether oxygens (including phenoxy) is 1. The number of pyridine rings is 2. The fraction of sp³-hybridized carbons (Fsp3) is 0.263. The zero-order chi connectivity index (χ0) is 23.4. The summed E-state index contributed by atoms with van der Waals surface area (Å²) < 4.78 is 82.8. The van der Waals surface area contributed by atoms with Gasteiger partial charge in [-0.1, -0.05) is 6.07 Å². The molecule has 0 atom stereocenters. The molecule has 0 aliphatic heterocycles. The SMILES string of the molecule is COCCNc1cc(Nc2ccnc(C(F)(F)F)c2)nc(-c2cccc(C(F)(F)F)n2)n1. The first-order valence-corrected chi connectivity index (χ1v) is 9.03. The Morgan fingerprint density at radius 1 is 0.875 bits per heavy atom. The number of hydrogen-bond acceptors (Lipinski definition) is 7. The molecule has 0 aliphatic rings. The Kier molecular flexibility index (Phi) is 6.77. The number of nitrogens with zero attached hydrogens (tertiary/aromatic N) is 4. The van der Waals surface area contributed by atoms with E-state index in [0.29, 0.717) is 13.2 Å². The van der Waals surface area contributed by atoms with E-state index in [0.717, 1.165) is 24.4 Å². The molecule has 2 N–H and O–H groups in total. The van der Waals surface area contributed by atoms with Crippen LogP contribution in [0.4, 0.5) is 43.7 Å². The van der Waals surface area contributed by atoms with Gasteiger partial charge in [0.1, 0.15) is 28.7 Å². The van der Waals surface area contributed by atoms with Crippen LogP contribution in [0.25, 0.3) is 11.5 Å². The molecule has 0 spiro atoms. The fourth-order valence-electron chi connectivity index (χ4n) is 2.53. The van der Waals surface area contributed by atoms with E-state index in [-0.39, 0.29) is 28.8 Å². The second-order valence-electron chi connectivity index (χ2n) is 6.34. The summed E-state index contributed by atoms with van der Waals surface area (Å²) in [4.78, 5) is 15.1. The maximum absolute atomic E-state index is 13.0. The number of rotatable bonds is 7. The molecule has 0 aliphatic carbocycles. The number of hydrogen-bond donors (Lipinski definition) is 2. The van der Waals surface area contributed by atoms with Crippen LogP contribution in [0, 0.1) is 0 Å². The van der Waals surface area contributed by atoms with Gasteiger partial charge in [0.2, 0.25) is 0 Å². The van der Waals surface area contributed by atoms with Gasteiger partial charge in [-0.2, -0.15) is 26.3 Å². The van der Waals surface area contributed by atoms with Crippen LogP contribution in [0.1, 0.15) is 11.4 Å². The largest absolute Gasteiger partial charge is 0.433 e. The molecule has 7 nitrogen and oxygen atoms in total. The highest BCUT2D eigenvalue weighted by atomic mass is 19.4. The van der Waals surface area contributed by atoms with E-state index >= 15 is 0 Å².